The summed E-state index contributed by atoms with van der Waals surface area (Å²) in [6.45, 7) is 5.89. The van der Waals surface area contributed by atoms with E-state index in [2.05, 4.69) is 83.7 Å². The maximum atomic E-state index is 14.4. The van der Waals surface area contributed by atoms with Gasteiger partial charge in [0.2, 0.25) is 0 Å². The molecule has 1 saturated heterocycles. The molecule has 0 aliphatic carbocycles. The number of likely N-dealkylation sites (tertiary alicyclic amines) is 1. The number of nitrogens with zero attached hydrogens (tertiary/aromatic N) is 3. The molecular weight excluding hydrogens is 540 g/mol. The van der Waals surface area contributed by atoms with Gasteiger partial charge in [0.25, 0.3) is 5.91 Å². The van der Waals surface area contributed by atoms with E-state index in [-0.39, 0.29) is 11.9 Å². The number of para-hydroxylation sites is 1. The van der Waals surface area contributed by atoms with Crippen LogP contribution in [0.5, 0.6) is 0 Å². The fraction of sp³-hybridized carbons (Fsp3) is 0.282. The lowest BCUT2D eigenvalue weighted by molar-refractivity contribution is 0.0932. The van der Waals surface area contributed by atoms with E-state index in [0.717, 1.165) is 77.7 Å². The molecule has 0 radical (unpaired) electrons. The molecule has 6 rings (SSSR count). The Balaban J connectivity index is 1.33. The van der Waals surface area contributed by atoms with Crippen molar-refractivity contribution in [1.29, 1.82) is 0 Å². The van der Waals surface area contributed by atoms with Gasteiger partial charge in [0.1, 0.15) is 0 Å². The molecule has 1 aliphatic heterocycles. The van der Waals surface area contributed by atoms with Crippen LogP contribution in [-0.2, 0) is 13.1 Å². The molecular formula is C39H42N4O. The Morgan fingerprint density at radius 1 is 0.864 bits per heavy atom. The van der Waals surface area contributed by atoms with Gasteiger partial charge >= 0.3 is 0 Å². The maximum absolute atomic E-state index is 14.4. The molecule has 5 nitrogen and oxygen atoms in total. The number of rotatable bonds is 10. The zero-order valence-corrected chi connectivity index (χ0v) is 25.8. The molecule has 1 aromatic heterocycles. The summed E-state index contributed by atoms with van der Waals surface area (Å²) < 4.78 is 0. The second-order valence-electron chi connectivity index (χ2n) is 12.0. The van der Waals surface area contributed by atoms with Crippen LogP contribution in [0, 0.1) is 0 Å². The quantitative estimate of drug-likeness (QED) is 0.182. The van der Waals surface area contributed by atoms with E-state index in [1.165, 1.54) is 5.56 Å². The number of benzene rings is 4. The van der Waals surface area contributed by atoms with Crippen LogP contribution in [0.4, 0.5) is 0 Å². The highest BCUT2D eigenvalue weighted by Crippen LogP contribution is 2.33. The van der Waals surface area contributed by atoms with Gasteiger partial charge in [0, 0.05) is 35.6 Å². The molecule has 5 heteroatoms. The van der Waals surface area contributed by atoms with Crippen LogP contribution in [0.1, 0.15) is 59.3 Å². The first-order chi connectivity index (χ1) is 21.6. The fourth-order valence-electron chi connectivity index (χ4n) is 6.57. The lowest BCUT2D eigenvalue weighted by Crippen LogP contribution is -2.43. The molecule has 44 heavy (non-hydrogen) atoms. The van der Waals surface area contributed by atoms with Crippen molar-refractivity contribution >= 4 is 16.8 Å². The van der Waals surface area contributed by atoms with Crippen LogP contribution in [0.15, 0.2) is 115 Å². The van der Waals surface area contributed by atoms with Crippen LogP contribution in [0.2, 0.25) is 0 Å². The summed E-state index contributed by atoms with van der Waals surface area (Å²) in [6.07, 6.45) is 3.00. The van der Waals surface area contributed by atoms with Crippen LogP contribution in [0.3, 0.4) is 0 Å². The van der Waals surface area contributed by atoms with Gasteiger partial charge < -0.3 is 5.32 Å². The average molecular weight is 583 g/mol. The summed E-state index contributed by atoms with van der Waals surface area (Å²) in [7, 11) is 2.21. The number of nitrogens with one attached hydrogen (secondary N) is 1. The molecule has 1 aliphatic rings. The zero-order valence-electron chi connectivity index (χ0n) is 25.8. The summed E-state index contributed by atoms with van der Waals surface area (Å²) in [6, 6.07) is 39.7. The predicted molar refractivity (Wildman–Crippen MR) is 180 cm³/mol. The Kier molecular flexibility index (Phi) is 9.45. The van der Waals surface area contributed by atoms with E-state index < -0.39 is 0 Å². The summed E-state index contributed by atoms with van der Waals surface area (Å²) >= 11 is 0. The number of aromatic nitrogens is 1. The summed E-state index contributed by atoms with van der Waals surface area (Å²) in [5.74, 6) is -0.0439. The molecule has 0 unspecified atom stereocenters. The molecule has 1 atom stereocenters. The number of piperidine rings is 1. The molecule has 0 saturated carbocycles. The highest BCUT2D eigenvalue weighted by atomic mass is 16.1. The number of fused-ring (bicyclic) bond motifs is 1. The molecule has 1 N–H and O–H groups in total. The number of hydrogen-bond donors (Lipinski definition) is 1. The Bertz CT molecular complexity index is 1660. The van der Waals surface area contributed by atoms with Crippen molar-refractivity contribution in [2.24, 2.45) is 0 Å². The highest BCUT2D eigenvalue weighted by Gasteiger charge is 2.28. The number of carbonyl (C=O) groups is 1. The van der Waals surface area contributed by atoms with Crippen molar-refractivity contribution in [1.82, 2.24) is 20.1 Å². The fourth-order valence-corrected chi connectivity index (χ4v) is 6.57. The smallest absolute Gasteiger partial charge is 0.252 e. The van der Waals surface area contributed by atoms with Gasteiger partial charge in [-0.05, 0) is 56.6 Å². The van der Waals surface area contributed by atoms with Gasteiger partial charge in [-0.2, -0.15) is 0 Å². The molecule has 1 fully saturated rings. The lowest BCUT2D eigenvalue weighted by atomic mass is 9.94. The minimum Gasteiger partial charge on any atom is -0.345 e. The first-order valence-corrected chi connectivity index (χ1v) is 15.9. The van der Waals surface area contributed by atoms with E-state index in [4.69, 9.17) is 4.98 Å². The maximum Gasteiger partial charge on any atom is 0.252 e. The molecule has 2 heterocycles. The van der Waals surface area contributed by atoms with Crippen molar-refractivity contribution in [2.45, 2.75) is 51.4 Å². The Hall–Kier alpha value is -4.32. The summed E-state index contributed by atoms with van der Waals surface area (Å²) in [5, 5.41) is 4.30. The van der Waals surface area contributed by atoms with Crippen LogP contribution < -0.4 is 5.32 Å². The van der Waals surface area contributed by atoms with E-state index in [9.17, 15) is 4.79 Å². The Labute approximate surface area is 261 Å². The third kappa shape index (κ3) is 6.75. The van der Waals surface area contributed by atoms with Crippen LogP contribution in [-0.4, -0.2) is 46.9 Å². The second-order valence-corrected chi connectivity index (χ2v) is 12.0. The van der Waals surface area contributed by atoms with Crippen molar-refractivity contribution in [3.63, 3.8) is 0 Å². The Morgan fingerprint density at radius 3 is 2.16 bits per heavy atom. The highest BCUT2D eigenvalue weighted by molar-refractivity contribution is 6.09. The summed E-state index contributed by atoms with van der Waals surface area (Å²) in [4.78, 5) is 24.6. The number of pyridine rings is 1. The van der Waals surface area contributed by atoms with E-state index in [1.807, 2.05) is 60.7 Å². The van der Waals surface area contributed by atoms with Crippen molar-refractivity contribution < 1.29 is 4.79 Å². The summed E-state index contributed by atoms with van der Waals surface area (Å²) in [5.41, 5.74) is 6.96. The number of amides is 1. The number of hydrogen-bond acceptors (Lipinski definition) is 4. The van der Waals surface area contributed by atoms with Crippen LogP contribution >= 0.6 is 0 Å². The van der Waals surface area contributed by atoms with Crippen molar-refractivity contribution in [3.05, 3.63) is 138 Å². The minimum absolute atomic E-state index is 0.0439. The van der Waals surface area contributed by atoms with Gasteiger partial charge in [-0.1, -0.05) is 116 Å². The molecule has 224 valence electrons. The van der Waals surface area contributed by atoms with Gasteiger partial charge in [0.05, 0.1) is 22.8 Å². The molecule has 0 bridgehead atoms. The number of carbonyl (C=O) groups excluding carboxylic acids is 1. The zero-order chi connectivity index (χ0) is 30.3. The second kappa shape index (κ2) is 14.0. The lowest BCUT2D eigenvalue weighted by Gasteiger charge is -2.37. The van der Waals surface area contributed by atoms with Gasteiger partial charge in [-0.25, -0.2) is 4.98 Å². The van der Waals surface area contributed by atoms with Gasteiger partial charge in [-0.3, -0.25) is 14.6 Å². The van der Waals surface area contributed by atoms with Crippen LogP contribution in [0.25, 0.3) is 22.2 Å². The molecule has 5 aromatic rings. The van der Waals surface area contributed by atoms with Crippen molar-refractivity contribution in [3.8, 4) is 11.3 Å². The SMILES string of the molecule is CC[C@H](NC(=O)c1c(CN(C)C2CCN(Cc3ccccc3)CC2)c(-c2ccccc2)nc2ccccc12)c1ccccc1. The van der Waals surface area contributed by atoms with Crippen molar-refractivity contribution in [2.75, 3.05) is 20.1 Å². The van der Waals surface area contributed by atoms with E-state index in [1.54, 1.807) is 0 Å². The molecule has 0 spiro atoms. The monoisotopic (exact) mass is 582 g/mol. The standard InChI is InChI=1S/C39H42N4O/c1-3-35(30-17-9-5-10-18-30)41-39(44)37-33-21-13-14-22-36(33)40-38(31-19-11-6-12-20-31)34(37)28-42(2)32-23-25-43(26-24-32)27-29-15-7-4-8-16-29/h4-22,32,35H,3,23-28H2,1-2H3,(H,41,44)/t35-/m0/s1. The molecule has 1 amide bonds. The van der Waals surface area contributed by atoms with Gasteiger partial charge in [0.15, 0.2) is 0 Å². The first-order valence-electron chi connectivity index (χ1n) is 15.9. The van der Waals surface area contributed by atoms with E-state index >= 15 is 0 Å². The minimum atomic E-state index is -0.0738. The average Bonchev–Trinajstić information content (AvgIpc) is 3.08. The first kappa shape index (κ1) is 29.7. The van der Waals surface area contributed by atoms with Gasteiger partial charge in [-0.15, -0.1) is 0 Å². The normalized spacial score (nSPS) is 15.0. The predicted octanol–water partition coefficient (Wildman–Crippen LogP) is 7.88. The largest absolute Gasteiger partial charge is 0.345 e. The third-order valence-electron chi connectivity index (χ3n) is 9.02. The molecule has 4 aromatic carbocycles. The third-order valence-corrected chi connectivity index (χ3v) is 9.02. The topological polar surface area (TPSA) is 48.5 Å². The Morgan fingerprint density at radius 2 is 1.48 bits per heavy atom. The van der Waals surface area contributed by atoms with E-state index in [0.29, 0.717) is 12.6 Å².